The lowest BCUT2D eigenvalue weighted by Gasteiger charge is -2.22. The van der Waals surface area contributed by atoms with Crippen molar-refractivity contribution in [2.75, 3.05) is 13.6 Å². The number of aryl methyl sites for hydroxylation is 1. The van der Waals surface area contributed by atoms with Gasteiger partial charge in [-0.05, 0) is 25.5 Å². The molecule has 0 bridgehead atoms. The van der Waals surface area contributed by atoms with Crippen molar-refractivity contribution in [1.82, 2.24) is 15.2 Å². The van der Waals surface area contributed by atoms with Crippen LogP contribution in [0, 0.1) is 5.41 Å². The van der Waals surface area contributed by atoms with Crippen LogP contribution >= 0.6 is 0 Å². The summed E-state index contributed by atoms with van der Waals surface area (Å²) >= 11 is 0. The molecule has 4 heteroatoms. The maximum absolute atomic E-state index is 11.5. The minimum atomic E-state index is -0.371. The zero-order valence-electron chi connectivity index (χ0n) is 10.5. The summed E-state index contributed by atoms with van der Waals surface area (Å²) in [6, 6.07) is 2.07. The Morgan fingerprint density at radius 3 is 2.69 bits per heavy atom. The van der Waals surface area contributed by atoms with E-state index in [4.69, 9.17) is 0 Å². The Bertz CT molecular complexity index is 355. The summed E-state index contributed by atoms with van der Waals surface area (Å²) in [6.45, 7) is 5.33. The predicted octanol–water partition coefficient (Wildman–Crippen LogP) is 0.887. The lowest BCUT2D eigenvalue weighted by Crippen LogP contribution is -2.41. The van der Waals surface area contributed by atoms with Crippen molar-refractivity contribution in [3.63, 3.8) is 0 Å². The van der Waals surface area contributed by atoms with Gasteiger partial charge in [-0.25, -0.2) is 0 Å². The molecule has 0 aromatic carbocycles. The molecule has 0 saturated carbocycles. The Morgan fingerprint density at radius 2 is 2.19 bits per heavy atom. The third kappa shape index (κ3) is 3.38. The second-order valence-electron chi connectivity index (χ2n) is 4.75. The molecule has 1 amide bonds. The van der Waals surface area contributed by atoms with E-state index < -0.39 is 0 Å². The number of amides is 1. The predicted molar refractivity (Wildman–Crippen MR) is 65.0 cm³/mol. The molecule has 0 aliphatic rings. The van der Waals surface area contributed by atoms with Crippen LogP contribution in [0.15, 0.2) is 18.5 Å². The van der Waals surface area contributed by atoms with Gasteiger partial charge in [0.05, 0.1) is 5.41 Å². The van der Waals surface area contributed by atoms with E-state index in [2.05, 4.69) is 22.9 Å². The molecule has 90 valence electrons. The molecule has 4 nitrogen and oxygen atoms in total. The second kappa shape index (κ2) is 5.16. The molecule has 0 aliphatic heterocycles. The molecule has 0 aliphatic carbocycles. The van der Waals surface area contributed by atoms with Gasteiger partial charge in [-0.1, -0.05) is 0 Å². The van der Waals surface area contributed by atoms with Crippen LogP contribution in [0.5, 0.6) is 0 Å². The van der Waals surface area contributed by atoms with E-state index in [1.54, 1.807) is 7.05 Å². The van der Waals surface area contributed by atoms with Crippen LogP contribution in [-0.4, -0.2) is 24.1 Å². The van der Waals surface area contributed by atoms with Crippen LogP contribution in [-0.2, 0) is 18.4 Å². The molecule has 0 saturated heterocycles. The van der Waals surface area contributed by atoms with Gasteiger partial charge in [0.1, 0.15) is 0 Å². The van der Waals surface area contributed by atoms with Gasteiger partial charge in [-0.2, -0.15) is 0 Å². The zero-order chi connectivity index (χ0) is 12.2. The summed E-state index contributed by atoms with van der Waals surface area (Å²) in [5.41, 5.74) is 0.860. The molecule has 1 heterocycles. The van der Waals surface area contributed by atoms with Gasteiger partial charge in [-0.15, -0.1) is 0 Å². The van der Waals surface area contributed by atoms with Crippen molar-refractivity contribution >= 4 is 5.91 Å². The summed E-state index contributed by atoms with van der Waals surface area (Å²) in [5, 5.41) is 5.97. The Hall–Kier alpha value is -1.29. The molecule has 0 atom stereocenters. The molecule has 0 spiro atoms. The van der Waals surface area contributed by atoms with Gasteiger partial charge in [0.2, 0.25) is 5.91 Å². The highest BCUT2D eigenvalue weighted by molar-refractivity contribution is 5.81. The number of rotatable bonds is 5. The molecule has 1 rings (SSSR count). The molecular formula is C12H21N3O. The maximum atomic E-state index is 11.5. The van der Waals surface area contributed by atoms with Crippen LogP contribution in [0.2, 0.25) is 0 Å². The van der Waals surface area contributed by atoms with Gasteiger partial charge < -0.3 is 15.2 Å². The molecule has 1 aromatic rings. The first-order chi connectivity index (χ1) is 7.45. The minimum absolute atomic E-state index is 0.0630. The molecule has 0 fully saturated rings. The number of hydrogen-bond acceptors (Lipinski definition) is 2. The normalized spacial score (nSPS) is 11.5. The smallest absolute Gasteiger partial charge is 0.226 e. The molecule has 16 heavy (non-hydrogen) atoms. The van der Waals surface area contributed by atoms with Crippen molar-refractivity contribution < 1.29 is 4.79 Å². The topological polar surface area (TPSA) is 46.1 Å². The van der Waals surface area contributed by atoms with Gasteiger partial charge in [-0.3, -0.25) is 4.79 Å². The molecule has 0 unspecified atom stereocenters. The SMILES string of the molecule is CNC(=O)C(C)(C)CNCc1ccn(C)c1. The number of carbonyl (C=O) groups excluding carboxylic acids is 1. The van der Waals surface area contributed by atoms with Crippen molar-refractivity contribution in [3.8, 4) is 0 Å². The first-order valence-electron chi connectivity index (χ1n) is 5.49. The third-order valence-corrected chi connectivity index (χ3v) is 2.63. The number of aromatic nitrogens is 1. The Morgan fingerprint density at radius 1 is 1.50 bits per heavy atom. The van der Waals surface area contributed by atoms with Crippen molar-refractivity contribution in [2.24, 2.45) is 12.5 Å². The molecule has 2 N–H and O–H groups in total. The van der Waals surface area contributed by atoms with Gasteiger partial charge >= 0.3 is 0 Å². The van der Waals surface area contributed by atoms with Crippen molar-refractivity contribution in [1.29, 1.82) is 0 Å². The van der Waals surface area contributed by atoms with Gasteiger partial charge in [0.15, 0.2) is 0 Å². The number of hydrogen-bond donors (Lipinski definition) is 2. The third-order valence-electron chi connectivity index (χ3n) is 2.63. The summed E-state index contributed by atoms with van der Waals surface area (Å²) in [5.74, 6) is 0.0630. The van der Waals surface area contributed by atoms with Crippen LogP contribution in [0.4, 0.5) is 0 Å². The average molecular weight is 223 g/mol. The average Bonchev–Trinajstić information content (AvgIpc) is 2.62. The highest BCUT2D eigenvalue weighted by Gasteiger charge is 2.25. The summed E-state index contributed by atoms with van der Waals surface area (Å²) < 4.78 is 2.01. The summed E-state index contributed by atoms with van der Waals surface area (Å²) in [4.78, 5) is 11.5. The van der Waals surface area contributed by atoms with E-state index in [1.165, 1.54) is 5.56 Å². The van der Waals surface area contributed by atoms with Crippen LogP contribution in [0.1, 0.15) is 19.4 Å². The van der Waals surface area contributed by atoms with E-state index in [0.29, 0.717) is 6.54 Å². The summed E-state index contributed by atoms with van der Waals surface area (Å²) in [6.07, 6.45) is 4.08. The van der Waals surface area contributed by atoms with Gasteiger partial charge in [0, 0.05) is 39.6 Å². The van der Waals surface area contributed by atoms with Crippen LogP contribution < -0.4 is 10.6 Å². The van der Waals surface area contributed by atoms with Crippen molar-refractivity contribution in [2.45, 2.75) is 20.4 Å². The minimum Gasteiger partial charge on any atom is -0.359 e. The van der Waals surface area contributed by atoms with E-state index in [-0.39, 0.29) is 11.3 Å². The maximum Gasteiger partial charge on any atom is 0.226 e. The number of nitrogens with one attached hydrogen (secondary N) is 2. The fraction of sp³-hybridized carbons (Fsp3) is 0.583. The largest absolute Gasteiger partial charge is 0.359 e. The lowest BCUT2D eigenvalue weighted by atomic mass is 9.92. The van der Waals surface area contributed by atoms with Crippen LogP contribution in [0.3, 0.4) is 0 Å². The molecular weight excluding hydrogens is 202 g/mol. The molecule has 0 radical (unpaired) electrons. The monoisotopic (exact) mass is 223 g/mol. The first-order valence-corrected chi connectivity index (χ1v) is 5.49. The van der Waals surface area contributed by atoms with E-state index in [9.17, 15) is 4.79 Å². The Labute approximate surface area is 97.0 Å². The fourth-order valence-electron chi connectivity index (χ4n) is 1.60. The lowest BCUT2D eigenvalue weighted by molar-refractivity contribution is -0.128. The standard InChI is InChI=1S/C12H21N3O/c1-12(2,11(16)13-3)9-14-7-10-5-6-15(4)8-10/h5-6,8,14H,7,9H2,1-4H3,(H,13,16). The van der Waals surface area contributed by atoms with Crippen molar-refractivity contribution in [3.05, 3.63) is 24.0 Å². The Balaban J connectivity index is 2.38. The van der Waals surface area contributed by atoms with Gasteiger partial charge in [0.25, 0.3) is 0 Å². The Kier molecular flexibility index (Phi) is 4.12. The van der Waals surface area contributed by atoms with E-state index in [1.807, 2.05) is 31.7 Å². The molecule has 1 aromatic heterocycles. The highest BCUT2D eigenvalue weighted by Crippen LogP contribution is 2.13. The highest BCUT2D eigenvalue weighted by atomic mass is 16.2. The van der Waals surface area contributed by atoms with E-state index in [0.717, 1.165) is 6.54 Å². The zero-order valence-corrected chi connectivity index (χ0v) is 10.5. The number of nitrogens with zero attached hydrogens (tertiary/aromatic N) is 1. The quantitative estimate of drug-likeness (QED) is 0.778. The van der Waals surface area contributed by atoms with Crippen LogP contribution in [0.25, 0.3) is 0 Å². The fourth-order valence-corrected chi connectivity index (χ4v) is 1.60. The second-order valence-corrected chi connectivity index (χ2v) is 4.75. The van der Waals surface area contributed by atoms with E-state index >= 15 is 0 Å². The summed E-state index contributed by atoms with van der Waals surface area (Å²) in [7, 11) is 3.67. The number of carbonyl (C=O) groups is 1. The first kappa shape index (κ1) is 12.8.